The van der Waals surface area contributed by atoms with Gasteiger partial charge < -0.3 is 9.47 Å². The van der Waals surface area contributed by atoms with Gasteiger partial charge in [0, 0.05) is 31.7 Å². The molecule has 0 spiro atoms. The first-order valence-electron chi connectivity index (χ1n) is 9.18. The zero-order chi connectivity index (χ0) is 18.5. The molecule has 1 aromatic heterocycles. The molecule has 1 aliphatic heterocycles. The van der Waals surface area contributed by atoms with Gasteiger partial charge in [-0.05, 0) is 50.6 Å². The number of nitrogens with zero attached hydrogens (tertiary/aromatic N) is 3. The molecule has 7 heteroatoms. The fourth-order valence-corrected chi connectivity index (χ4v) is 3.75. The maximum Gasteiger partial charge on any atom is 0.343 e. The average Bonchev–Trinajstić information content (AvgIpc) is 3.03. The summed E-state index contributed by atoms with van der Waals surface area (Å²) >= 11 is 0. The van der Waals surface area contributed by atoms with Crippen molar-refractivity contribution in [1.82, 2.24) is 19.7 Å². The maximum atomic E-state index is 11.8. The smallest absolute Gasteiger partial charge is 0.343 e. The van der Waals surface area contributed by atoms with E-state index in [1.165, 1.54) is 5.56 Å². The normalized spacial score (nSPS) is 16.1. The van der Waals surface area contributed by atoms with E-state index in [2.05, 4.69) is 27.2 Å². The summed E-state index contributed by atoms with van der Waals surface area (Å²) < 4.78 is 12.4. The van der Waals surface area contributed by atoms with E-state index in [1.54, 1.807) is 18.8 Å². The second-order valence-electron chi connectivity index (χ2n) is 6.76. The number of piperidine rings is 1. The Morgan fingerprint density at radius 1 is 1.27 bits per heavy atom. The van der Waals surface area contributed by atoms with Crippen LogP contribution in [0.4, 0.5) is 0 Å². The Balaban J connectivity index is 1.62. The number of hydrogen-bond acceptors (Lipinski definition) is 5. The van der Waals surface area contributed by atoms with Gasteiger partial charge in [-0.25, -0.2) is 9.89 Å². The van der Waals surface area contributed by atoms with Crippen molar-refractivity contribution in [3.8, 4) is 5.75 Å². The lowest BCUT2D eigenvalue weighted by Gasteiger charge is -2.31. The van der Waals surface area contributed by atoms with Gasteiger partial charge in [0.15, 0.2) is 0 Å². The molecule has 3 rings (SSSR count). The molecule has 1 aromatic carbocycles. The predicted octanol–water partition coefficient (Wildman–Crippen LogP) is 2.13. The highest BCUT2D eigenvalue weighted by molar-refractivity contribution is 5.37. The Morgan fingerprint density at radius 2 is 2.04 bits per heavy atom. The fourth-order valence-electron chi connectivity index (χ4n) is 3.75. The number of aromatic nitrogens is 3. The summed E-state index contributed by atoms with van der Waals surface area (Å²) in [6, 6.07) is 6.30. The molecule has 0 bridgehead atoms. The molecular weight excluding hydrogens is 332 g/mol. The van der Waals surface area contributed by atoms with Gasteiger partial charge in [0.05, 0.1) is 13.7 Å². The van der Waals surface area contributed by atoms with Crippen molar-refractivity contribution < 1.29 is 9.47 Å². The number of methoxy groups -OCH3 is 2. The third kappa shape index (κ3) is 3.99. The lowest BCUT2D eigenvalue weighted by atomic mass is 9.95. The maximum absolute atomic E-state index is 11.8. The van der Waals surface area contributed by atoms with E-state index in [0.717, 1.165) is 49.6 Å². The standard InChI is InChI=1S/C19H28N4O3/c1-4-23-18(20-21-19(23)24)15-7-9-22(10-8-15)12-14-5-6-17(26-3)16(11-14)13-25-2/h5-6,11,15H,4,7-10,12-13H2,1-3H3,(H,21,24). The van der Waals surface area contributed by atoms with Crippen LogP contribution in [-0.4, -0.2) is 47.0 Å². The molecule has 2 aromatic rings. The van der Waals surface area contributed by atoms with Gasteiger partial charge in [-0.1, -0.05) is 6.07 Å². The summed E-state index contributed by atoms with van der Waals surface area (Å²) in [6.07, 6.45) is 2.04. The van der Waals surface area contributed by atoms with Crippen LogP contribution in [0.1, 0.15) is 42.6 Å². The average molecular weight is 360 g/mol. The molecule has 0 radical (unpaired) electrons. The minimum atomic E-state index is -0.103. The van der Waals surface area contributed by atoms with Crippen LogP contribution in [0.15, 0.2) is 23.0 Å². The second-order valence-corrected chi connectivity index (χ2v) is 6.76. The minimum Gasteiger partial charge on any atom is -0.496 e. The Hall–Kier alpha value is -2.12. The summed E-state index contributed by atoms with van der Waals surface area (Å²) in [7, 11) is 3.38. The van der Waals surface area contributed by atoms with Gasteiger partial charge in [-0.3, -0.25) is 9.47 Å². The first kappa shape index (κ1) is 18.7. The van der Waals surface area contributed by atoms with Crippen LogP contribution in [0, 0.1) is 0 Å². The van der Waals surface area contributed by atoms with E-state index < -0.39 is 0 Å². The molecular formula is C19H28N4O3. The van der Waals surface area contributed by atoms with E-state index in [1.807, 2.05) is 13.0 Å². The van der Waals surface area contributed by atoms with E-state index in [9.17, 15) is 4.79 Å². The number of benzene rings is 1. The summed E-state index contributed by atoms with van der Waals surface area (Å²) in [5, 5.41) is 6.84. The number of hydrogen-bond donors (Lipinski definition) is 1. The molecule has 0 aliphatic carbocycles. The number of aromatic amines is 1. The van der Waals surface area contributed by atoms with Crippen LogP contribution in [0.3, 0.4) is 0 Å². The van der Waals surface area contributed by atoms with Crippen molar-refractivity contribution in [2.24, 2.45) is 0 Å². The molecule has 0 amide bonds. The van der Waals surface area contributed by atoms with Crippen molar-refractivity contribution in [2.75, 3.05) is 27.3 Å². The Bertz CT molecular complexity index is 775. The van der Waals surface area contributed by atoms with Gasteiger partial charge in [0.25, 0.3) is 0 Å². The van der Waals surface area contributed by atoms with Crippen LogP contribution in [-0.2, 0) is 24.4 Å². The topological polar surface area (TPSA) is 72.4 Å². The molecule has 0 unspecified atom stereocenters. The quantitative estimate of drug-likeness (QED) is 0.819. The lowest BCUT2D eigenvalue weighted by molar-refractivity contribution is 0.180. The summed E-state index contributed by atoms with van der Waals surface area (Å²) in [5.41, 5.74) is 2.24. The molecule has 1 N–H and O–H groups in total. The molecule has 1 fully saturated rings. The van der Waals surface area contributed by atoms with Crippen LogP contribution in [0.2, 0.25) is 0 Å². The van der Waals surface area contributed by atoms with Gasteiger partial charge in [-0.2, -0.15) is 5.10 Å². The predicted molar refractivity (Wildman–Crippen MR) is 99.5 cm³/mol. The summed E-state index contributed by atoms with van der Waals surface area (Å²) in [5.74, 6) is 2.12. The molecule has 1 aliphatic rings. The molecule has 0 saturated carbocycles. The van der Waals surface area contributed by atoms with Crippen LogP contribution in [0.25, 0.3) is 0 Å². The highest BCUT2D eigenvalue weighted by Gasteiger charge is 2.25. The van der Waals surface area contributed by atoms with Gasteiger partial charge >= 0.3 is 5.69 Å². The van der Waals surface area contributed by atoms with Crippen molar-refractivity contribution >= 4 is 0 Å². The first-order valence-corrected chi connectivity index (χ1v) is 9.18. The number of likely N-dealkylation sites (tertiary alicyclic amines) is 1. The van der Waals surface area contributed by atoms with E-state index in [-0.39, 0.29) is 5.69 Å². The molecule has 26 heavy (non-hydrogen) atoms. The molecule has 0 atom stereocenters. The fraction of sp³-hybridized carbons (Fsp3) is 0.579. The first-order chi connectivity index (χ1) is 12.7. The number of rotatable bonds is 7. The van der Waals surface area contributed by atoms with Gasteiger partial charge in [0.1, 0.15) is 11.6 Å². The summed E-state index contributed by atoms with van der Waals surface area (Å²) in [4.78, 5) is 14.2. The van der Waals surface area contributed by atoms with Crippen molar-refractivity contribution in [1.29, 1.82) is 0 Å². The lowest BCUT2D eigenvalue weighted by Crippen LogP contribution is -2.33. The van der Waals surface area contributed by atoms with Crippen molar-refractivity contribution in [3.63, 3.8) is 0 Å². The Kier molecular flexibility index (Phi) is 6.11. The summed E-state index contributed by atoms with van der Waals surface area (Å²) in [6.45, 7) is 6.11. The van der Waals surface area contributed by atoms with Crippen molar-refractivity contribution in [3.05, 3.63) is 45.6 Å². The highest BCUT2D eigenvalue weighted by Crippen LogP contribution is 2.27. The van der Waals surface area contributed by atoms with E-state index in [0.29, 0.717) is 19.1 Å². The monoisotopic (exact) mass is 360 g/mol. The van der Waals surface area contributed by atoms with E-state index in [4.69, 9.17) is 9.47 Å². The molecule has 2 heterocycles. The van der Waals surface area contributed by atoms with Crippen molar-refractivity contribution in [2.45, 2.75) is 45.4 Å². The Morgan fingerprint density at radius 3 is 2.69 bits per heavy atom. The van der Waals surface area contributed by atoms with Gasteiger partial charge in [0.2, 0.25) is 0 Å². The van der Waals surface area contributed by atoms with Crippen LogP contribution < -0.4 is 10.4 Å². The highest BCUT2D eigenvalue weighted by atomic mass is 16.5. The Labute approximate surface area is 153 Å². The van der Waals surface area contributed by atoms with E-state index >= 15 is 0 Å². The molecule has 142 valence electrons. The minimum absolute atomic E-state index is 0.103. The SMILES string of the molecule is CCn1c(C2CCN(Cc3ccc(OC)c(COC)c3)CC2)n[nH]c1=O. The van der Waals surface area contributed by atoms with Crippen LogP contribution >= 0.6 is 0 Å². The number of ether oxygens (including phenoxy) is 2. The number of H-pyrrole nitrogens is 1. The molecule has 1 saturated heterocycles. The number of nitrogens with one attached hydrogen (secondary N) is 1. The second kappa shape index (κ2) is 8.51. The third-order valence-electron chi connectivity index (χ3n) is 5.11. The zero-order valence-corrected chi connectivity index (χ0v) is 15.8. The molecule has 7 nitrogen and oxygen atoms in total. The largest absolute Gasteiger partial charge is 0.496 e. The van der Waals surface area contributed by atoms with Crippen LogP contribution in [0.5, 0.6) is 5.75 Å². The van der Waals surface area contributed by atoms with Gasteiger partial charge in [-0.15, -0.1) is 0 Å². The third-order valence-corrected chi connectivity index (χ3v) is 5.11. The zero-order valence-electron chi connectivity index (χ0n) is 15.8.